The Bertz CT molecular complexity index is 966. The van der Waals surface area contributed by atoms with Crippen LogP contribution in [0.25, 0.3) is 0 Å². The number of halogens is 1. The number of aryl methyl sites for hydroxylation is 2. The number of aromatic nitrogens is 1. The van der Waals surface area contributed by atoms with Gasteiger partial charge in [0.15, 0.2) is 0 Å². The molecule has 6 heteroatoms. The minimum Gasteiger partial charge on any atom is -0.431 e. The van der Waals surface area contributed by atoms with Crippen molar-refractivity contribution < 1.29 is 4.74 Å². The third-order valence-corrected chi connectivity index (χ3v) is 5.43. The maximum absolute atomic E-state index is 6.05. The second-order valence-corrected chi connectivity index (χ2v) is 7.99. The number of aliphatic imine (C=N–C) groups is 1. The van der Waals surface area contributed by atoms with Crippen LogP contribution in [0.5, 0.6) is 10.9 Å². The number of nitrogens with zero attached hydrogens (tertiary/aromatic N) is 3. The predicted octanol–water partition coefficient (Wildman–Crippen LogP) is 6.41. The van der Waals surface area contributed by atoms with E-state index in [1.54, 1.807) is 0 Å². The predicted molar refractivity (Wildman–Crippen MR) is 119 cm³/mol. The van der Waals surface area contributed by atoms with Crippen molar-refractivity contribution in [2.45, 2.75) is 27.2 Å². The maximum Gasteiger partial charge on any atom is 0.278 e. The molecule has 2 aromatic carbocycles. The molecule has 0 N–H and O–H groups in total. The standard InChI is InChI=1S/C22H24ClN3OS/c1-5-26(4)14-24-20-10-16(3)21(11-15(20)2)27-22-25-19(13-28-22)12-17-6-8-18(23)9-7-17/h6-11,13-14H,5,12H2,1-4H3. The number of hydrogen-bond donors (Lipinski definition) is 0. The Morgan fingerprint density at radius 2 is 1.93 bits per heavy atom. The van der Waals surface area contributed by atoms with Crippen molar-refractivity contribution >= 4 is 35.0 Å². The molecule has 146 valence electrons. The SMILES string of the molecule is CCN(C)C=Nc1cc(C)c(Oc2nc(Cc3ccc(Cl)cc3)cs2)cc1C. The highest BCUT2D eigenvalue weighted by Gasteiger charge is 2.10. The van der Waals surface area contributed by atoms with E-state index < -0.39 is 0 Å². The first-order valence-corrected chi connectivity index (χ1v) is 10.4. The van der Waals surface area contributed by atoms with Gasteiger partial charge in [0.25, 0.3) is 5.19 Å². The van der Waals surface area contributed by atoms with Gasteiger partial charge in [0, 0.05) is 30.4 Å². The summed E-state index contributed by atoms with van der Waals surface area (Å²) in [6, 6.07) is 11.9. The van der Waals surface area contributed by atoms with Gasteiger partial charge in [-0.15, -0.1) is 0 Å². The van der Waals surface area contributed by atoms with Crippen LogP contribution >= 0.6 is 22.9 Å². The van der Waals surface area contributed by atoms with E-state index >= 15 is 0 Å². The third kappa shape index (κ3) is 5.33. The van der Waals surface area contributed by atoms with Crippen molar-refractivity contribution in [2.75, 3.05) is 13.6 Å². The lowest BCUT2D eigenvalue weighted by atomic mass is 10.1. The van der Waals surface area contributed by atoms with Gasteiger partial charge in [0.05, 0.1) is 17.7 Å². The van der Waals surface area contributed by atoms with Gasteiger partial charge in [-0.05, 0) is 61.7 Å². The highest BCUT2D eigenvalue weighted by Crippen LogP contribution is 2.33. The molecular formula is C22H24ClN3OS. The molecule has 3 rings (SSSR count). The maximum atomic E-state index is 6.05. The van der Waals surface area contributed by atoms with Crippen molar-refractivity contribution in [2.24, 2.45) is 4.99 Å². The molecule has 1 heterocycles. The highest BCUT2D eigenvalue weighted by atomic mass is 35.5. The smallest absolute Gasteiger partial charge is 0.278 e. The van der Waals surface area contributed by atoms with Crippen molar-refractivity contribution in [3.63, 3.8) is 0 Å². The molecule has 0 atom stereocenters. The molecule has 0 aliphatic heterocycles. The van der Waals surface area contributed by atoms with Gasteiger partial charge >= 0.3 is 0 Å². The van der Waals surface area contributed by atoms with Crippen LogP contribution in [0.3, 0.4) is 0 Å². The van der Waals surface area contributed by atoms with E-state index in [1.807, 2.05) is 73.9 Å². The number of benzene rings is 2. The van der Waals surface area contributed by atoms with E-state index in [2.05, 4.69) is 16.9 Å². The van der Waals surface area contributed by atoms with Gasteiger partial charge in [0.2, 0.25) is 0 Å². The summed E-state index contributed by atoms with van der Waals surface area (Å²) in [4.78, 5) is 11.2. The quantitative estimate of drug-likeness (QED) is 0.332. The Hall–Kier alpha value is -2.37. The van der Waals surface area contributed by atoms with Crippen LogP contribution in [0.2, 0.25) is 5.02 Å². The molecular weight excluding hydrogens is 390 g/mol. The Morgan fingerprint density at radius 1 is 1.18 bits per heavy atom. The van der Waals surface area contributed by atoms with E-state index in [9.17, 15) is 0 Å². The molecule has 0 bridgehead atoms. The van der Waals surface area contributed by atoms with Crippen LogP contribution in [0.15, 0.2) is 46.8 Å². The van der Waals surface area contributed by atoms with E-state index in [4.69, 9.17) is 16.3 Å². The summed E-state index contributed by atoms with van der Waals surface area (Å²) in [7, 11) is 2.01. The molecule has 0 fully saturated rings. The van der Waals surface area contributed by atoms with Crippen molar-refractivity contribution in [3.8, 4) is 10.9 Å². The zero-order valence-corrected chi connectivity index (χ0v) is 18.1. The van der Waals surface area contributed by atoms with Crippen LogP contribution in [0.4, 0.5) is 5.69 Å². The molecule has 0 aliphatic rings. The molecule has 0 aliphatic carbocycles. The zero-order chi connectivity index (χ0) is 20.1. The first-order chi connectivity index (χ1) is 13.4. The summed E-state index contributed by atoms with van der Waals surface area (Å²) >= 11 is 7.45. The first kappa shape index (κ1) is 20.4. The Kier molecular flexibility index (Phi) is 6.70. The fourth-order valence-corrected chi connectivity index (χ4v) is 3.39. The van der Waals surface area contributed by atoms with E-state index in [0.717, 1.165) is 46.2 Å². The van der Waals surface area contributed by atoms with Crippen molar-refractivity contribution in [1.29, 1.82) is 0 Å². The molecule has 1 aromatic heterocycles. The number of hydrogen-bond acceptors (Lipinski definition) is 4. The zero-order valence-electron chi connectivity index (χ0n) is 16.6. The monoisotopic (exact) mass is 413 g/mol. The summed E-state index contributed by atoms with van der Waals surface area (Å²) in [6.45, 7) is 7.08. The van der Waals surface area contributed by atoms with E-state index in [0.29, 0.717) is 5.19 Å². The normalized spacial score (nSPS) is 11.2. The molecule has 0 unspecified atom stereocenters. The van der Waals surface area contributed by atoms with Gasteiger partial charge in [-0.2, -0.15) is 0 Å². The molecule has 4 nitrogen and oxygen atoms in total. The third-order valence-electron chi connectivity index (χ3n) is 4.41. The lowest BCUT2D eigenvalue weighted by Crippen LogP contribution is -2.14. The minimum atomic E-state index is 0.647. The molecule has 0 radical (unpaired) electrons. The molecule has 3 aromatic rings. The fraction of sp³-hybridized carbons (Fsp3) is 0.273. The summed E-state index contributed by atoms with van der Waals surface area (Å²) in [5, 5.41) is 3.42. The van der Waals surface area contributed by atoms with Crippen LogP contribution in [-0.2, 0) is 6.42 Å². The van der Waals surface area contributed by atoms with Gasteiger partial charge in [-0.1, -0.05) is 35.1 Å². The fourth-order valence-electron chi connectivity index (χ4n) is 2.59. The minimum absolute atomic E-state index is 0.647. The number of thiazole rings is 1. The highest BCUT2D eigenvalue weighted by molar-refractivity contribution is 7.11. The number of ether oxygens (including phenoxy) is 1. The van der Waals surface area contributed by atoms with E-state index in [1.165, 1.54) is 16.9 Å². The van der Waals surface area contributed by atoms with Crippen LogP contribution in [-0.4, -0.2) is 29.8 Å². The van der Waals surface area contributed by atoms with Crippen molar-refractivity contribution in [1.82, 2.24) is 9.88 Å². The van der Waals surface area contributed by atoms with Crippen molar-refractivity contribution in [3.05, 3.63) is 69.2 Å². The molecule has 0 saturated carbocycles. The Labute approximate surface area is 175 Å². The summed E-state index contributed by atoms with van der Waals surface area (Å²) in [5.41, 5.74) is 5.21. The Morgan fingerprint density at radius 3 is 2.64 bits per heavy atom. The number of rotatable bonds is 7. The van der Waals surface area contributed by atoms with Crippen LogP contribution in [0.1, 0.15) is 29.3 Å². The summed E-state index contributed by atoms with van der Waals surface area (Å²) < 4.78 is 6.05. The lowest BCUT2D eigenvalue weighted by molar-refractivity contribution is 0.473. The van der Waals surface area contributed by atoms with Gasteiger partial charge < -0.3 is 9.64 Å². The van der Waals surface area contributed by atoms with Crippen LogP contribution in [0, 0.1) is 13.8 Å². The molecule has 0 amide bonds. The lowest BCUT2D eigenvalue weighted by Gasteiger charge is -2.11. The second kappa shape index (κ2) is 9.22. The average Bonchev–Trinajstić information content (AvgIpc) is 3.11. The average molecular weight is 414 g/mol. The van der Waals surface area contributed by atoms with Gasteiger partial charge in [-0.3, -0.25) is 0 Å². The summed E-state index contributed by atoms with van der Waals surface area (Å²) in [5.74, 6) is 0.813. The summed E-state index contributed by atoms with van der Waals surface area (Å²) in [6.07, 6.45) is 2.61. The molecule has 28 heavy (non-hydrogen) atoms. The van der Waals surface area contributed by atoms with Gasteiger partial charge in [0.1, 0.15) is 5.75 Å². The molecule has 0 saturated heterocycles. The largest absolute Gasteiger partial charge is 0.431 e. The topological polar surface area (TPSA) is 37.7 Å². The van der Waals surface area contributed by atoms with Crippen LogP contribution < -0.4 is 4.74 Å². The molecule has 0 spiro atoms. The van der Waals surface area contributed by atoms with E-state index in [-0.39, 0.29) is 0 Å². The Balaban J connectivity index is 1.71. The first-order valence-electron chi connectivity index (χ1n) is 9.17. The second-order valence-electron chi connectivity index (χ2n) is 6.73. The van der Waals surface area contributed by atoms with Gasteiger partial charge in [-0.25, -0.2) is 9.98 Å².